The van der Waals surface area contributed by atoms with Crippen LogP contribution in [0, 0.1) is 0 Å². The molecule has 2 rings (SSSR count). The molecule has 2 fully saturated rings. The summed E-state index contributed by atoms with van der Waals surface area (Å²) < 4.78 is 5.35. The van der Waals surface area contributed by atoms with E-state index in [9.17, 15) is 4.79 Å². The smallest absolute Gasteiger partial charge is 0.149 e. The van der Waals surface area contributed by atoms with Crippen molar-refractivity contribution in [3.05, 3.63) is 0 Å². The second-order valence-corrected chi connectivity index (χ2v) is 4.04. The third-order valence-corrected chi connectivity index (χ3v) is 3.09. The molecule has 2 atom stereocenters. The number of hydrogen-bond acceptors (Lipinski definition) is 4. The van der Waals surface area contributed by atoms with Gasteiger partial charge in [-0.25, -0.2) is 0 Å². The minimum absolute atomic E-state index is 0.0530. The van der Waals surface area contributed by atoms with Gasteiger partial charge in [-0.1, -0.05) is 0 Å². The molecule has 1 aliphatic heterocycles. The fraction of sp³-hybridized carbons (Fsp3) is 0.900. The SMILES string of the molecule is O=C1CCCC1N1CCOC(CO)C1. The van der Waals surface area contributed by atoms with Crippen LogP contribution in [0.15, 0.2) is 0 Å². The highest BCUT2D eigenvalue weighted by Gasteiger charge is 2.33. The van der Waals surface area contributed by atoms with Gasteiger partial charge in [-0.3, -0.25) is 9.69 Å². The Morgan fingerprint density at radius 1 is 1.57 bits per heavy atom. The topological polar surface area (TPSA) is 49.8 Å². The Morgan fingerprint density at radius 3 is 3.07 bits per heavy atom. The summed E-state index contributed by atoms with van der Waals surface area (Å²) in [5.74, 6) is 0.364. The summed E-state index contributed by atoms with van der Waals surface area (Å²) in [6.07, 6.45) is 2.63. The van der Waals surface area contributed by atoms with Gasteiger partial charge in [0.2, 0.25) is 0 Å². The zero-order valence-electron chi connectivity index (χ0n) is 8.32. The Balaban J connectivity index is 1.93. The van der Waals surface area contributed by atoms with Gasteiger partial charge in [0, 0.05) is 19.5 Å². The van der Waals surface area contributed by atoms with Crippen molar-refractivity contribution in [2.24, 2.45) is 0 Å². The van der Waals surface area contributed by atoms with Crippen molar-refractivity contribution in [2.45, 2.75) is 31.4 Å². The Morgan fingerprint density at radius 2 is 2.43 bits per heavy atom. The van der Waals surface area contributed by atoms with E-state index in [1.165, 1.54) is 0 Å². The van der Waals surface area contributed by atoms with Gasteiger partial charge in [0.1, 0.15) is 5.78 Å². The molecule has 1 saturated carbocycles. The lowest BCUT2D eigenvalue weighted by molar-refractivity contribution is -0.126. The van der Waals surface area contributed by atoms with Crippen LogP contribution in [0.4, 0.5) is 0 Å². The van der Waals surface area contributed by atoms with Crippen LogP contribution in [0.1, 0.15) is 19.3 Å². The number of carbonyl (C=O) groups excluding carboxylic acids is 1. The number of aliphatic hydroxyl groups is 1. The van der Waals surface area contributed by atoms with Gasteiger partial charge in [-0.05, 0) is 12.8 Å². The third kappa shape index (κ3) is 1.97. The number of aliphatic hydroxyl groups excluding tert-OH is 1. The Kier molecular flexibility index (Phi) is 3.15. The second kappa shape index (κ2) is 4.38. The molecule has 0 aromatic rings. The molecule has 4 nitrogen and oxygen atoms in total. The predicted octanol–water partition coefficient (Wildman–Crippen LogP) is -0.199. The highest BCUT2D eigenvalue weighted by atomic mass is 16.5. The van der Waals surface area contributed by atoms with Crippen LogP contribution in [0.5, 0.6) is 0 Å². The highest BCUT2D eigenvalue weighted by molar-refractivity contribution is 5.85. The maximum Gasteiger partial charge on any atom is 0.149 e. The fourth-order valence-corrected chi connectivity index (χ4v) is 2.32. The average Bonchev–Trinajstić information content (AvgIpc) is 2.65. The molecular formula is C10H17NO3. The Hall–Kier alpha value is -0.450. The number of ketones is 1. The minimum Gasteiger partial charge on any atom is -0.394 e. The van der Waals surface area contributed by atoms with Gasteiger partial charge in [0.25, 0.3) is 0 Å². The summed E-state index contributed by atoms with van der Waals surface area (Å²) in [7, 11) is 0. The van der Waals surface area contributed by atoms with Crippen molar-refractivity contribution < 1.29 is 14.6 Å². The van der Waals surface area contributed by atoms with Crippen molar-refractivity contribution in [2.75, 3.05) is 26.3 Å². The number of morpholine rings is 1. The van der Waals surface area contributed by atoms with Gasteiger partial charge in [-0.2, -0.15) is 0 Å². The summed E-state index contributed by atoms with van der Waals surface area (Å²) >= 11 is 0. The normalized spacial score (nSPS) is 35.1. The van der Waals surface area contributed by atoms with Crippen LogP contribution >= 0.6 is 0 Å². The van der Waals surface area contributed by atoms with Gasteiger partial charge < -0.3 is 9.84 Å². The summed E-state index contributed by atoms with van der Waals surface area (Å²) in [4.78, 5) is 13.7. The van der Waals surface area contributed by atoms with E-state index in [0.717, 1.165) is 25.8 Å². The van der Waals surface area contributed by atoms with E-state index in [0.29, 0.717) is 18.9 Å². The first-order chi connectivity index (χ1) is 6.81. The van der Waals surface area contributed by atoms with Gasteiger partial charge >= 0.3 is 0 Å². The van der Waals surface area contributed by atoms with E-state index in [-0.39, 0.29) is 18.8 Å². The first-order valence-corrected chi connectivity index (χ1v) is 5.30. The zero-order valence-corrected chi connectivity index (χ0v) is 8.32. The van der Waals surface area contributed by atoms with Gasteiger partial charge in [-0.15, -0.1) is 0 Å². The van der Waals surface area contributed by atoms with Crippen LogP contribution in [-0.4, -0.2) is 54.2 Å². The molecule has 1 heterocycles. The molecule has 0 radical (unpaired) electrons. The van der Waals surface area contributed by atoms with E-state index in [4.69, 9.17) is 9.84 Å². The average molecular weight is 199 g/mol. The Labute approximate surface area is 83.8 Å². The molecule has 0 spiro atoms. The molecule has 0 aromatic heterocycles. The number of carbonyl (C=O) groups is 1. The molecule has 0 amide bonds. The summed E-state index contributed by atoms with van der Waals surface area (Å²) in [6, 6.07) is 0.105. The zero-order chi connectivity index (χ0) is 9.97. The van der Waals surface area contributed by atoms with Crippen molar-refractivity contribution in [3.63, 3.8) is 0 Å². The number of rotatable bonds is 2. The largest absolute Gasteiger partial charge is 0.394 e. The minimum atomic E-state index is -0.0999. The molecule has 2 aliphatic rings. The molecule has 0 aromatic carbocycles. The van der Waals surface area contributed by atoms with Crippen molar-refractivity contribution in [3.8, 4) is 0 Å². The molecule has 4 heteroatoms. The van der Waals surface area contributed by atoms with Crippen LogP contribution in [0.3, 0.4) is 0 Å². The third-order valence-electron chi connectivity index (χ3n) is 3.09. The van der Waals surface area contributed by atoms with Crippen LogP contribution < -0.4 is 0 Å². The molecule has 1 N–H and O–H groups in total. The van der Waals surface area contributed by atoms with E-state index >= 15 is 0 Å². The van der Waals surface area contributed by atoms with E-state index in [1.807, 2.05) is 0 Å². The van der Waals surface area contributed by atoms with Crippen molar-refractivity contribution in [1.82, 2.24) is 4.90 Å². The number of Topliss-reactive ketones (excluding diaryl/α,β-unsaturated/α-hetero) is 1. The quantitative estimate of drug-likeness (QED) is 0.669. The monoisotopic (exact) mass is 199 g/mol. The van der Waals surface area contributed by atoms with Gasteiger partial charge in [0.15, 0.2) is 0 Å². The lowest BCUT2D eigenvalue weighted by Crippen LogP contribution is -2.50. The van der Waals surface area contributed by atoms with Crippen molar-refractivity contribution >= 4 is 5.78 Å². The molecule has 14 heavy (non-hydrogen) atoms. The molecule has 1 saturated heterocycles. The first kappa shape index (κ1) is 10.1. The number of hydrogen-bond donors (Lipinski definition) is 1. The van der Waals surface area contributed by atoms with Crippen molar-refractivity contribution in [1.29, 1.82) is 0 Å². The van der Waals surface area contributed by atoms with E-state index in [1.54, 1.807) is 0 Å². The van der Waals surface area contributed by atoms with E-state index < -0.39 is 0 Å². The Bertz CT molecular complexity index is 219. The lowest BCUT2D eigenvalue weighted by Gasteiger charge is -2.35. The summed E-state index contributed by atoms with van der Waals surface area (Å²) in [6.45, 7) is 2.21. The van der Waals surface area contributed by atoms with Crippen LogP contribution in [0.25, 0.3) is 0 Å². The molecule has 0 bridgehead atoms. The predicted molar refractivity (Wildman–Crippen MR) is 51.0 cm³/mol. The van der Waals surface area contributed by atoms with E-state index in [2.05, 4.69) is 4.90 Å². The number of nitrogens with zero attached hydrogens (tertiary/aromatic N) is 1. The molecule has 1 aliphatic carbocycles. The maximum atomic E-state index is 11.5. The maximum absolute atomic E-state index is 11.5. The highest BCUT2D eigenvalue weighted by Crippen LogP contribution is 2.22. The standard InChI is InChI=1S/C10H17NO3/c12-7-8-6-11(4-5-14-8)9-2-1-3-10(9)13/h8-9,12H,1-7H2. The lowest BCUT2D eigenvalue weighted by atomic mass is 10.1. The molecular weight excluding hydrogens is 182 g/mol. The molecule has 2 unspecified atom stereocenters. The first-order valence-electron chi connectivity index (χ1n) is 5.30. The van der Waals surface area contributed by atoms with Gasteiger partial charge in [0.05, 0.1) is 25.4 Å². The number of ether oxygens (including phenoxy) is 1. The fourth-order valence-electron chi connectivity index (χ4n) is 2.32. The second-order valence-electron chi connectivity index (χ2n) is 4.04. The van der Waals surface area contributed by atoms with Crippen LogP contribution in [-0.2, 0) is 9.53 Å². The summed E-state index contributed by atoms with van der Waals surface area (Å²) in [5, 5.41) is 8.98. The van der Waals surface area contributed by atoms with Crippen LogP contribution in [0.2, 0.25) is 0 Å². The molecule has 80 valence electrons. The summed E-state index contributed by atoms with van der Waals surface area (Å²) in [5.41, 5.74) is 0.